The fraction of sp³-hybridized carbons (Fsp3) is 0.818. The Morgan fingerprint density at radius 3 is 3.00 bits per heavy atom. The Bertz CT molecular complexity index is 352. The van der Waals surface area contributed by atoms with Gasteiger partial charge in [0.05, 0.1) is 6.54 Å². The van der Waals surface area contributed by atoms with Gasteiger partial charge in [-0.15, -0.1) is 0 Å². The lowest BCUT2D eigenvalue weighted by Gasteiger charge is -2.40. The maximum Gasteiger partial charge on any atom is 0.223 e. The molecule has 1 aromatic heterocycles. The molecule has 5 nitrogen and oxygen atoms in total. The van der Waals surface area contributed by atoms with Gasteiger partial charge in [-0.3, -0.25) is 4.90 Å². The summed E-state index contributed by atoms with van der Waals surface area (Å²) in [6.07, 6.45) is 1.13. The largest absolute Gasteiger partial charge is 0.340 e. The summed E-state index contributed by atoms with van der Waals surface area (Å²) in [5, 5.41) is 7.50. The third-order valence-electron chi connectivity index (χ3n) is 3.27. The van der Waals surface area contributed by atoms with E-state index in [-0.39, 0.29) is 5.54 Å². The normalized spacial score (nSPS) is 27.2. The van der Waals surface area contributed by atoms with Gasteiger partial charge in [0.1, 0.15) is 0 Å². The second-order valence-corrected chi connectivity index (χ2v) is 4.78. The zero-order chi connectivity index (χ0) is 11.6. The van der Waals surface area contributed by atoms with Crippen LogP contribution in [0.15, 0.2) is 4.52 Å². The first-order chi connectivity index (χ1) is 7.61. The molecule has 1 unspecified atom stereocenters. The van der Waals surface area contributed by atoms with Crippen molar-refractivity contribution in [3.8, 4) is 0 Å². The summed E-state index contributed by atoms with van der Waals surface area (Å²) in [6.45, 7) is 10.2. The third-order valence-corrected chi connectivity index (χ3v) is 3.27. The molecule has 90 valence electrons. The number of aromatic nitrogens is 2. The van der Waals surface area contributed by atoms with Gasteiger partial charge in [-0.25, -0.2) is 0 Å². The van der Waals surface area contributed by atoms with E-state index in [0.717, 1.165) is 38.4 Å². The first kappa shape index (κ1) is 11.5. The molecule has 1 N–H and O–H groups in total. The Morgan fingerprint density at radius 2 is 2.38 bits per heavy atom. The van der Waals surface area contributed by atoms with E-state index >= 15 is 0 Å². The molecule has 1 saturated heterocycles. The molecule has 1 fully saturated rings. The van der Waals surface area contributed by atoms with Gasteiger partial charge in [-0.05, 0) is 13.3 Å². The van der Waals surface area contributed by atoms with Gasteiger partial charge in [0.25, 0.3) is 0 Å². The number of rotatable bonds is 3. The van der Waals surface area contributed by atoms with Crippen LogP contribution in [-0.2, 0) is 6.54 Å². The van der Waals surface area contributed by atoms with Gasteiger partial charge in [0, 0.05) is 32.1 Å². The van der Waals surface area contributed by atoms with Crippen molar-refractivity contribution >= 4 is 0 Å². The van der Waals surface area contributed by atoms with Gasteiger partial charge in [-0.2, -0.15) is 4.98 Å². The van der Waals surface area contributed by atoms with E-state index in [0.29, 0.717) is 5.89 Å². The second-order valence-electron chi connectivity index (χ2n) is 4.78. The van der Waals surface area contributed by atoms with Gasteiger partial charge in [0.15, 0.2) is 5.82 Å². The molecule has 0 aromatic carbocycles. The van der Waals surface area contributed by atoms with E-state index in [4.69, 9.17) is 4.52 Å². The second kappa shape index (κ2) is 4.51. The Hall–Kier alpha value is -0.940. The summed E-state index contributed by atoms with van der Waals surface area (Å²) in [7, 11) is 0. The predicted molar refractivity (Wildman–Crippen MR) is 61.0 cm³/mol. The maximum absolute atomic E-state index is 4.98. The summed E-state index contributed by atoms with van der Waals surface area (Å²) in [6, 6.07) is 0. The zero-order valence-corrected chi connectivity index (χ0v) is 10.3. The van der Waals surface area contributed by atoms with Crippen LogP contribution in [0.1, 0.15) is 32.0 Å². The molecule has 1 aliphatic heterocycles. The summed E-state index contributed by atoms with van der Waals surface area (Å²) in [5.74, 6) is 1.43. The summed E-state index contributed by atoms with van der Waals surface area (Å²) in [5.41, 5.74) is 0.219. The average molecular weight is 224 g/mol. The maximum atomic E-state index is 4.98. The Morgan fingerprint density at radius 1 is 1.56 bits per heavy atom. The van der Waals surface area contributed by atoms with E-state index in [1.165, 1.54) is 0 Å². The van der Waals surface area contributed by atoms with Crippen LogP contribution in [0, 0.1) is 6.92 Å². The average Bonchev–Trinajstić information content (AvgIpc) is 2.64. The fourth-order valence-electron chi connectivity index (χ4n) is 2.12. The molecule has 0 bridgehead atoms. The highest BCUT2D eigenvalue weighted by atomic mass is 16.5. The van der Waals surface area contributed by atoms with Crippen molar-refractivity contribution in [1.82, 2.24) is 20.4 Å². The van der Waals surface area contributed by atoms with Gasteiger partial charge in [-0.1, -0.05) is 12.1 Å². The summed E-state index contributed by atoms with van der Waals surface area (Å²) >= 11 is 0. The minimum Gasteiger partial charge on any atom is -0.340 e. The Labute approximate surface area is 96.2 Å². The Balaban J connectivity index is 1.95. The number of nitrogens with zero attached hydrogens (tertiary/aromatic N) is 3. The number of nitrogens with one attached hydrogen (secondary N) is 1. The highest BCUT2D eigenvalue weighted by Crippen LogP contribution is 2.16. The monoisotopic (exact) mass is 224 g/mol. The molecule has 2 rings (SSSR count). The molecule has 1 atom stereocenters. The fourth-order valence-corrected chi connectivity index (χ4v) is 2.12. The van der Waals surface area contributed by atoms with Crippen molar-refractivity contribution in [3.63, 3.8) is 0 Å². The standard InChI is InChI=1S/C11H20N4O/c1-4-11(3)8-15(6-5-12-11)7-10-13-9(2)16-14-10/h12H,4-8H2,1-3H3. The van der Waals surface area contributed by atoms with Crippen LogP contribution in [0.5, 0.6) is 0 Å². The highest BCUT2D eigenvalue weighted by Gasteiger charge is 2.29. The molecule has 0 amide bonds. The van der Waals surface area contributed by atoms with Crippen LogP contribution in [-0.4, -0.2) is 40.2 Å². The van der Waals surface area contributed by atoms with Crippen LogP contribution in [0.2, 0.25) is 0 Å². The summed E-state index contributed by atoms with van der Waals surface area (Å²) in [4.78, 5) is 6.62. The van der Waals surface area contributed by atoms with Crippen molar-refractivity contribution in [2.24, 2.45) is 0 Å². The van der Waals surface area contributed by atoms with Crippen molar-refractivity contribution < 1.29 is 4.52 Å². The van der Waals surface area contributed by atoms with Crippen molar-refractivity contribution in [3.05, 3.63) is 11.7 Å². The molecular formula is C11H20N4O. The smallest absolute Gasteiger partial charge is 0.223 e. The first-order valence-electron chi connectivity index (χ1n) is 5.88. The molecule has 0 saturated carbocycles. The van der Waals surface area contributed by atoms with Crippen LogP contribution in [0.3, 0.4) is 0 Å². The Kier molecular flexibility index (Phi) is 3.25. The van der Waals surface area contributed by atoms with E-state index in [1.807, 2.05) is 6.92 Å². The van der Waals surface area contributed by atoms with Crippen LogP contribution in [0.25, 0.3) is 0 Å². The molecule has 0 spiro atoms. The predicted octanol–water partition coefficient (Wildman–Crippen LogP) is 0.952. The lowest BCUT2D eigenvalue weighted by molar-refractivity contribution is 0.130. The molecule has 5 heteroatoms. The first-order valence-corrected chi connectivity index (χ1v) is 5.88. The van der Waals surface area contributed by atoms with E-state index < -0.39 is 0 Å². The van der Waals surface area contributed by atoms with E-state index in [1.54, 1.807) is 0 Å². The van der Waals surface area contributed by atoms with Crippen LogP contribution >= 0.6 is 0 Å². The molecule has 0 aliphatic carbocycles. The zero-order valence-electron chi connectivity index (χ0n) is 10.3. The molecular weight excluding hydrogens is 204 g/mol. The molecule has 1 aliphatic rings. The SMILES string of the molecule is CCC1(C)CN(Cc2noc(C)n2)CCN1. The van der Waals surface area contributed by atoms with Gasteiger partial charge >= 0.3 is 0 Å². The minimum absolute atomic E-state index is 0.219. The molecule has 16 heavy (non-hydrogen) atoms. The number of hydrogen-bond donors (Lipinski definition) is 1. The molecule has 2 heterocycles. The van der Waals surface area contributed by atoms with E-state index in [9.17, 15) is 0 Å². The lowest BCUT2D eigenvalue weighted by atomic mass is 9.96. The minimum atomic E-state index is 0.219. The van der Waals surface area contributed by atoms with Crippen LogP contribution in [0.4, 0.5) is 0 Å². The molecule has 0 radical (unpaired) electrons. The number of hydrogen-bond acceptors (Lipinski definition) is 5. The highest BCUT2D eigenvalue weighted by molar-refractivity contribution is 4.92. The van der Waals surface area contributed by atoms with Gasteiger partial charge < -0.3 is 9.84 Å². The quantitative estimate of drug-likeness (QED) is 0.828. The van der Waals surface area contributed by atoms with Crippen molar-refractivity contribution in [1.29, 1.82) is 0 Å². The summed E-state index contributed by atoms with van der Waals surface area (Å²) < 4.78 is 4.98. The number of piperazine rings is 1. The lowest BCUT2D eigenvalue weighted by Crippen LogP contribution is -2.58. The van der Waals surface area contributed by atoms with Crippen molar-refractivity contribution in [2.75, 3.05) is 19.6 Å². The van der Waals surface area contributed by atoms with Crippen LogP contribution < -0.4 is 5.32 Å². The topological polar surface area (TPSA) is 54.2 Å². The molecule has 1 aromatic rings. The van der Waals surface area contributed by atoms with Crippen molar-refractivity contribution in [2.45, 2.75) is 39.3 Å². The third kappa shape index (κ3) is 2.59. The van der Waals surface area contributed by atoms with E-state index in [2.05, 4.69) is 34.2 Å². The van der Waals surface area contributed by atoms with Gasteiger partial charge in [0.2, 0.25) is 5.89 Å². The number of aryl methyl sites for hydroxylation is 1.